The van der Waals surface area contributed by atoms with Crippen molar-refractivity contribution in [2.24, 2.45) is 5.92 Å². The third kappa shape index (κ3) is 5.84. The van der Waals surface area contributed by atoms with Crippen molar-refractivity contribution >= 4 is 39.5 Å². The smallest absolute Gasteiger partial charge is 0.253 e. The Morgan fingerprint density at radius 1 is 1.04 bits per heavy atom. The summed E-state index contributed by atoms with van der Waals surface area (Å²) in [5.74, 6) is 1.01. The van der Waals surface area contributed by atoms with Gasteiger partial charge in [-0.2, -0.15) is 0 Å². The number of carbonyl (C=O) groups is 2. The van der Waals surface area contributed by atoms with Crippen LogP contribution in [0.4, 0.5) is 0 Å². The van der Waals surface area contributed by atoms with Crippen LogP contribution in [-0.4, -0.2) is 42.1 Å². The van der Waals surface area contributed by atoms with Crippen molar-refractivity contribution in [1.82, 2.24) is 10.2 Å². The fourth-order valence-corrected chi connectivity index (χ4v) is 4.18. The molecule has 1 saturated heterocycles. The highest BCUT2D eigenvalue weighted by molar-refractivity contribution is 9.10. The molecule has 0 bridgehead atoms. The van der Waals surface area contributed by atoms with Crippen molar-refractivity contribution in [1.29, 1.82) is 0 Å². The van der Waals surface area contributed by atoms with E-state index in [0.29, 0.717) is 25.2 Å². The first-order chi connectivity index (χ1) is 13.1. The van der Waals surface area contributed by atoms with Crippen molar-refractivity contribution in [2.75, 3.05) is 25.4 Å². The highest BCUT2D eigenvalue weighted by Crippen LogP contribution is 2.21. The molecule has 4 nitrogen and oxygen atoms in total. The van der Waals surface area contributed by atoms with Crippen LogP contribution in [0.3, 0.4) is 0 Å². The average Bonchev–Trinajstić information content (AvgIpc) is 2.72. The quantitative estimate of drug-likeness (QED) is 0.533. The number of nitrogens with zero attached hydrogens (tertiary/aromatic N) is 1. The Bertz CT molecular complexity index is 760. The third-order valence-corrected chi connectivity index (χ3v) is 6.20. The van der Waals surface area contributed by atoms with Gasteiger partial charge in [0.2, 0.25) is 5.91 Å². The predicted octanol–water partition coefficient (Wildman–Crippen LogP) is 4.21. The lowest BCUT2D eigenvalue weighted by Gasteiger charge is -2.31. The summed E-state index contributed by atoms with van der Waals surface area (Å²) in [6, 6.07) is 17.6. The second-order valence-electron chi connectivity index (χ2n) is 6.53. The zero-order valence-electron chi connectivity index (χ0n) is 15.1. The van der Waals surface area contributed by atoms with Crippen molar-refractivity contribution < 1.29 is 9.59 Å². The van der Waals surface area contributed by atoms with E-state index >= 15 is 0 Å². The third-order valence-electron chi connectivity index (χ3n) is 4.66. The number of hydrogen-bond donors (Lipinski definition) is 1. The standard InChI is InChI=1S/C21H23BrN2O2S/c22-18-8-6-17(7-9-18)21(26)24-13-10-16(11-14-24)20(25)23-12-15-27-19-4-2-1-3-5-19/h1-9,16H,10-15H2,(H,23,25). The molecule has 1 aliphatic heterocycles. The minimum atomic E-state index is 0.000642. The number of carbonyl (C=O) groups excluding carboxylic acids is 2. The molecular weight excluding hydrogens is 424 g/mol. The Morgan fingerprint density at radius 3 is 2.37 bits per heavy atom. The SMILES string of the molecule is O=C(NCCSc1ccccc1)C1CCN(C(=O)c2ccc(Br)cc2)CC1. The molecule has 0 atom stereocenters. The lowest BCUT2D eigenvalue weighted by Crippen LogP contribution is -2.43. The molecule has 0 aliphatic carbocycles. The Morgan fingerprint density at radius 2 is 1.70 bits per heavy atom. The molecule has 1 heterocycles. The summed E-state index contributed by atoms with van der Waals surface area (Å²) in [5.41, 5.74) is 0.694. The second-order valence-corrected chi connectivity index (χ2v) is 8.61. The zero-order valence-corrected chi connectivity index (χ0v) is 17.5. The lowest BCUT2D eigenvalue weighted by molar-refractivity contribution is -0.126. The van der Waals surface area contributed by atoms with Crippen LogP contribution in [-0.2, 0) is 4.79 Å². The van der Waals surface area contributed by atoms with Crippen LogP contribution in [0.15, 0.2) is 64.0 Å². The minimum absolute atomic E-state index is 0.000642. The fraction of sp³-hybridized carbons (Fsp3) is 0.333. The highest BCUT2D eigenvalue weighted by atomic mass is 79.9. The molecule has 0 spiro atoms. The van der Waals surface area contributed by atoms with E-state index in [9.17, 15) is 9.59 Å². The van der Waals surface area contributed by atoms with Crippen LogP contribution >= 0.6 is 27.7 Å². The van der Waals surface area contributed by atoms with Gasteiger partial charge in [-0.05, 0) is 49.2 Å². The van der Waals surface area contributed by atoms with Gasteiger partial charge in [0.15, 0.2) is 0 Å². The van der Waals surface area contributed by atoms with Crippen LogP contribution in [0.25, 0.3) is 0 Å². The normalized spacial score (nSPS) is 14.8. The maximum absolute atomic E-state index is 12.5. The van der Waals surface area contributed by atoms with Gasteiger partial charge >= 0.3 is 0 Å². The molecule has 2 aromatic rings. The first-order valence-electron chi connectivity index (χ1n) is 9.14. The Hall–Kier alpha value is -1.79. The molecule has 2 amide bonds. The molecule has 0 unspecified atom stereocenters. The number of amides is 2. The number of nitrogens with one attached hydrogen (secondary N) is 1. The molecule has 27 heavy (non-hydrogen) atoms. The van der Waals surface area contributed by atoms with Crippen molar-refractivity contribution in [3.63, 3.8) is 0 Å². The molecule has 0 saturated carbocycles. The van der Waals surface area contributed by atoms with Crippen molar-refractivity contribution in [2.45, 2.75) is 17.7 Å². The van der Waals surface area contributed by atoms with Gasteiger partial charge in [-0.25, -0.2) is 0 Å². The fourth-order valence-electron chi connectivity index (χ4n) is 3.12. The summed E-state index contributed by atoms with van der Waals surface area (Å²) < 4.78 is 0.958. The topological polar surface area (TPSA) is 49.4 Å². The van der Waals surface area contributed by atoms with E-state index in [1.165, 1.54) is 4.90 Å². The van der Waals surface area contributed by atoms with Gasteiger partial charge in [-0.3, -0.25) is 9.59 Å². The van der Waals surface area contributed by atoms with Crippen molar-refractivity contribution in [3.05, 3.63) is 64.6 Å². The number of likely N-dealkylation sites (tertiary alicyclic amines) is 1. The van der Waals surface area contributed by atoms with Gasteiger partial charge in [0, 0.05) is 46.2 Å². The molecule has 2 aromatic carbocycles. The van der Waals surface area contributed by atoms with E-state index in [0.717, 1.165) is 23.1 Å². The molecule has 1 N–H and O–H groups in total. The van der Waals surface area contributed by atoms with E-state index < -0.39 is 0 Å². The average molecular weight is 447 g/mol. The molecule has 3 rings (SSSR count). The van der Waals surface area contributed by atoms with Crippen LogP contribution < -0.4 is 5.32 Å². The van der Waals surface area contributed by atoms with Crippen LogP contribution in [0.5, 0.6) is 0 Å². The van der Waals surface area contributed by atoms with E-state index in [4.69, 9.17) is 0 Å². The number of hydrogen-bond acceptors (Lipinski definition) is 3. The molecule has 0 aromatic heterocycles. The summed E-state index contributed by atoms with van der Waals surface area (Å²) in [6.07, 6.45) is 1.44. The molecule has 1 aliphatic rings. The van der Waals surface area contributed by atoms with E-state index in [1.807, 2.05) is 47.4 Å². The summed E-state index contributed by atoms with van der Waals surface area (Å²) in [4.78, 5) is 28.0. The van der Waals surface area contributed by atoms with Gasteiger partial charge in [0.25, 0.3) is 5.91 Å². The van der Waals surface area contributed by atoms with Gasteiger partial charge in [0.05, 0.1) is 0 Å². The first kappa shape index (κ1) is 20.0. The number of thioether (sulfide) groups is 1. The summed E-state index contributed by atoms with van der Waals surface area (Å²) in [6.45, 7) is 1.92. The second kappa shape index (κ2) is 9.95. The number of piperidine rings is 1. The van der Waals surface area contributed by atoms with Crippen LogP contribution in [0, 0.1) is 5.92 Å². The summed E-state index contributed by atoms with van der Waals surface area (Å²) >= 11 is 5.12. The van der Waals surface area contributed by atoms with Gasteiger partial charge in [-0.1, -0.05) is 34.1 Å². The van der Waals surface area contributed by atoms with Gasteiger partial charge in [0.1, 0.15) is 0 Å². The van der Waals surface area contributed by atoms with E-state index in [1.54, 1.807) is 11.8 Å². The molecule has 1 fully saturated rings. The monoisotopic (exact) mass is 446 g/mol. The number of halogens is 1. The lowest BCUT2D eigenvalue weighted by atomic mass is 9.95. The van der Waals surface area contributed by atoms with Crippen molar-refractivity contribution in [3.8, 4) is 0 Å². The molecule has 0 radical (unpaired) electrons. The zero-order chi connectivity index (χ0) is 19.1. The number of benzene rings is 2. The highest BCUT2D eigenvalue weighted by Gasteiger charge is 2.27. The first-order valence-corrected chi connectivity index (χ1v) is 10.9. The number of rotatable bonds is 6. The van der Waals surface area contributed by atoms with E-state index in [2.05, 4.69) is 33.4 Å². The van der Waals surface area contributed by atoms with E-state index in [-0.39, 0.29) is 17.7 Å². The molecule has 142 valence electrons. The van der Waals surface area contributed by atoms with Crippen LogP contribution in [0.2, 0.25) is 0 Å². The Kier molecular flexibility index (Phi) is 7.35. The molecular formula is C21H23BrN2O2S. The maximum Gasteiger partial charge on any atom is 0.253 e. The Labute approximate surface area is 172 Å². The summed E-state index contributed by atoms with van der Waals surface area (Å²) in [7, 11) is 0. The molecule has 6 heteroatoms. The maximum atomic E-state index is 12.5. The van der Waals surface area contributed by atoms with Gasteiger partial charge < -0.3 is 10.2 Å². The van der Waals surface area contributed by atoms with Crippen LogP contribution in [0.1, 0.15) is 23.2 Å². The largest absolute Gasteiger partial charge is 0.355 e. The Balaban J connectivity index is 1.38. The predicted molar refractivity (Wildman–Crippen MR) is 113 cm³/mol. The minimum Gasteiger partial charge on any atom is -0.355 e. The summed E-state index contributed by atoms with van der Waals surface area (Å²) in [5, 5.41) is 3.04. The van der Waals surface area contributed by atoms with Gasteiger partial charge in [-0.15, -0.1) is 11.8 Å².